The average Bonchev–Trinajstić information content (AvgIpc) is 3.33. The topological polar surface area (TPSA) is 54.6 Å². The number of aryl methyl sites for hydroxylation is 1. The molecular formula is C28H32N2O3. The first-order valence-corrected chi connectivity index (χ1v) is 12.3. The van der Waals surface area contributed by atoms with Crippen molar-refractivity contribution in [2.75, 3.05) is 26.3 Å². The predicted molar refractivity (Wildman–Crippen MR) is 130 cm³/mol. The van der Waals surface area contributed by atoms with Crippen LogP contribution in [0.4, 0.5) is 0 Å². The lowest BCUT2D eigenvalue weighted by Crippen LogP contribution is -2.51. The number of hydrogen-bond donors (Lipinski definition) is 1. The Morgan fingerprint density at radius 3 is 2.58 bits per heavy atom. The second-order valence-electron chi connectivity index (χ2n) is 10.3. The maximum absolute atomic E-state index is 11.8. The highest BCUT2D eigenvalue weighted by Crippen LogP contribution is 2.41. The quantitative estimate of drug-likeness (QED) is 0.438. The third kappa shape index (κ3) is 3.58. The van der Waals surface area contributed by atoms with Crippen LogP contribution in [0, 0.1) is 6.92 Å². The van der Waals surface area contributed by atoms with Crippen LogP contribution in [0.1, 0.15) is 60.8 Å². The number of piperidine rings is 1. The second-order valence-corrected chi connectivity index (χ2v) is 10.3. The maximum atomic E-state index is 11.8. The van der Waals surface area contributed by atoms with Crippen LogP contribution in [0.3, 0.4) is 0 Å². The zero-order valence-electron chi connectivity index (χ0n) is 19.7. The molecule has 3 aromatic rings. The molecule has 1 N–H and O–H groups in total. The standard InChI is InChI=1S/C28H32N2O3/c1-16(2)26-23-12-19(18-6-8-30(9-7-18)22-14-32-15-22)4-5-24(23)29-27(26)20-10-17(3)28-21(11-20)13-25(31)33-28/h4-5,10-12,16,18,22,29H,6-9,13-15H2,1-3H3. The first kappa shape index (κ1) is 20.9. The number of H-pyrrole nitrogens is 1. The Labute approximate surface area is 195 Å². The number of carbonyl (C=O) groups is 1. The largest absolute Gasteiger partial charge is 0.426 e. The number of aromatic amines is 1. The molecular weight excluding hydrogens is 412 g/mol. The van der Waals surface area contributed by atoms with Gasteiger partial charge in [0.1, 0.15) is 5.75 Å². The van der Waals surface area contributed by atoms with Crippen molar-refractivity contribution >= 4 is 16.9 Å². The van der Waals surface area contributed by atoms with E-state index in [-0.39, 0.29) is 5.97 Å². The van der Waals surface area contributed by atoms with Crippen molar-refractivity contribution in [1.82, 2.24) is 9.88 Å². The lowest BCUT2D eigenvalue weighted by atomic mass is 9.87. The summed E-state index contributed by atoms with van der Waals surface area (Å²) >= 11 is 0. The lowest BCUT2D eigenvalue weighted by molar-refractivity contribution is -0.131. The number of hydrogen-bond acceptors (Lipinski definition) is 4. The van der Waals surface area contributed by atoms with Crippen molar-refractivity contribution in [3.63, 3.8) is 0 Å². The van der Waals surface area contributed by atoms with E-state index in [0.717, 1.165) is 35.7 Å². The number of benzene rings is 2. The van der Waals surface area contributed by atoms with Gasteiger partial charge in [-0.15, -0.1) is 0 Å². The first-order chi connectivity index (χ1) is 16.0. The fourth-order valence-electron chi connectivity index (χ4n) is 5.92. The van der Waals surface area contributed by atoms with Gasteiger partial charge in [0.15, 0.2) is 0 Å². The molecule has 2 saturated heterocycles. The molecule has 1 aromatic heterocycles. The monoisotopic (exact) mass is 444 g/mol. The zero-order chi connectivity index (χ0) is 22.7. The molecule has 0 aliphatic carbocycles. The van der Waals surface area contributed by atoms with Crippen molar-refractivity contribution in [3.8, 4) is 17.0 Å². The van der Waals surface area contributed by atoms with Crippen LogP contribution >= 0.6 is 0 Å². The summed E-state index contributed by atoms with van der Waals surface area (Å²) in [4.78, 5) is 18.2. The molecule has 0 unspecified atom stereocenters. The summed E-state index contributed by atoms with van der Waals surface area (Å²) in [7, 11) is 0. The van der Waals surface area contributed by atoms with Crippen LogP contribution in [-0.4, -0.2) is 48.2 Å². The first-order valence-electron chi connectivity index (χ1n) is 12.3. The highest BCUT2D eigenvalue weighted by atomic mass is 16.5. The number of fused-ring (bicyclic) bond motifs is 2. The van der Waals surface area contributed by atoms with Crippen LogP contribution in [0.25, 0.3) is 22.2 Å². The van der Waals surface area contributed by atoms with E-state index in [4.69, 9.17) is 9.47 Å². The van der Waals surface area contributed by atoms with Gasteiger partial charge < -0.3 is 14.5 Å². The fraction of sp³-hybridized carbons (Fsp3) is 0.464. The van der Waals surface area contributed by atoms with Gasteiger partial charge in [0, 0.05) is 22.2 Å². The van der Waals surface area contributed by atoms with Crippen LogP contribution in [-0.2, 0) is 16.0 Å². The Hall–Kier alpha value is -2.63. The van der Waals surface area contributed by atoms with Gasteiger partial charge in [-0.25, -0.2) is 0 Å². The van der Waals surface area contributed by atoms with Crippen LogP contribution < -0.4 is 4.74 Å². The molecule has 2 fully saturated rings. The smallest absolute Gasteiger partial charge is 0.315 e. The summed E-state index contributed by atoms with van der Waals surface area (Å²) < 4.78 is 10.8. The van der Waals surface area contributed by atoms with Crippen LogP contribution in [0.5, 0.6) is 5.75 Å². The van der Waals surface area contributed by atoms with Gasteiger partial charge in [0.05, 0.1) is 25.7 Å². The number of nitrogens with zero attached hydrogens (tertiary/aromatic N) is 1. The maximum Gasteiger partial charge on any atom is 0.315 e. The Bertz CT molecular complexity index is 1230. The van der Waals surface area contributed by atoms with E-state index in [9.17, 15) is 4.79 Å². The summed E-state index contributed by atoms with van der Waals surface area (Å²) in [5, 5.41) is 1.33. The normalized spacial score (nSPS) is 19.8. The molecule has 0 atom stereocenters. The van der Waals surface area contributed by atoms with Crippen LogP contribution in [0.2, 0.25) is 0 Å². The Morgan fingerprint density at radius 2 is 1.88 bits per heavy atom. The van der Waals surface area contributed by atoms with Gasteiger partial charge in [-0.2, -0.15) is 0 Å². The molecule has 3 aliphatic heterocycles. The highest BCUT2D eigenvalue weighted by molar-refractivity contribution is 5.93. The van der Waals surface area contributed by atoms with E-state index in [2.05, 4.69) is 54.1 Å². The molecule has 33 heavy (non-hydrogen) atoms. The molecule has 0 saturated carbocycles. The molecule has 3 aliphatic rings. The molecule has 0 spiro atoms. The number of ether oxygens (including phenoxy) is 2. The number of carbonyl (C=O) groups excluding carboxylic acids is 1. The number of nitrogens with one attached hydrogen (secondary N) is 1. The van der Waals surface area contributed by atoms with Gasteiger partial charge >= 0.3 is 5.97 Å². The second kappa shape index (κ2) is 8.00. The molecule has 0 bridgehead atoms. The van der Waals surface area contributed by atoms with Crippen molar-refractivity contribution < 1.29 is 14.3 Å². The Balaban J connectivity index is 1.35. The number of likely N-dealkylation sites (tertiary alicyclic amines) is 1. The van der Waals surface area contributed by atoms with Crippen molar-refractivity contribution in [1.29, 1.82) is 0 Å². The Kier molecular flexibility index (Phi) is 5.07. The molecule has 2 aromatic carbocycles. The lowest BCUT2D eigenvalue weighted by Gasteiger charge is -2.41. The van der Waals surface area contributed by atoms with Gasteiger partial charge in [-0.1, -0.05) is 19.9 Å². The average molecular weight is 445 g/mol. The van der Waals surface area contributed by atoms with Gasteiger partial charge in [-0.05, 0) is 91.2 Å². The zero-order valence-corrected chi connectivity index (χ0v) is 19.7. The fourth-order valence-corrected chi connectivity index (χ4v) is 5.92. The molecule has 172 valence electrons. The summed E-state index contributed by atoms with van der Waals surface area (Å²) in [6.45, 7) is 10.7. The third-order valence-corrected chi connectivity index (χ3v) is 7.77. The van der Waals surface area contributed by atoms with E-state index in [1.165, 1.54) is 53.7 Å². The molecule has 0 amide bonds. The van der Waals surface area contributed by atoms with Gasteiger partial charge in [-0.3, -0.25) is 9.69 Å². The number of esters is 1. The summed E-state index contributed by atoms with van der Waals surface area (Å²) in [6.07, 6.45) is 2.79. The number of aromatic nitrogens is 1. The molecule has 0 radical (unpaired) electrons. The van der Waals surface area contributed by atoms with Gasteiger partial charge in [0.2, 0.25) is 0 Å². The molecule has 5 heteroatoms. The summed E-state index contributed by atoms with van der Waals surface area (Å²) in [5.74, 6) is 1.59. The van der Waals surface area contributed by atoms with Crippen molar-refractivity contribution in [3.05, 3.63) is 52.6 Å². The summed E-state index contributed by atoms with van der Waals surface area (Å²) in [5.41, 5.74) is 8.33. The molecule has 4 heterocycles. The van der Waals surface area contributed by atoms with E-state index < -0.39 is 0 Å². The van der Waals surface area contributed by atoms with Crippen LogP contribution in [0.15, 0.2) is 30.3 Å². The minimum Gasteiger partial charge on any atom is -0.426 e. The van der Waals surface area contributed by atoms with Gasteiger partial charge in [0.25, 0.3) is 0 Å². The highest BCUT2D eigenvalue weighted by Gasteiger charge is 2.30. The minimum absolute atomic E-state index is 0.161. The van der Waals surface area contributed by atoms with E-state index >= 15 is 0 Å². The van der Waals surface area contributed by atoms with E-state index in [1.807, 2.05) is 6.92 Å². The minimum atomic E-state index is -0.161. The molecule has 5 nitrogen and oxygen atoms in total. The SMILES string of the molecule is Cc1cc(-c2[nH]c3ccc(C4CCN(C5COC5)CC4)cc3c2C(C)C)cc2c1OC(=O)C2. The molecule has 6 rings (SSSR count). The Morgan fingerprint density at radius 1 is 1.09 bits per heavy atom. The number of rotatable bonds is 4. The van der Waals surface area contributed by atoms with E-state index in [0.29, 0.717) is 24.3 Å². The summed E-state index contributed by atoms with van der Waals surface area (Å²) in [6, 6.07) is 11.9. The predicted octanol–water partition coefficient (Wildman–Crippen LogP) is 5.31. The third-order valence-electron chi connectivity index (χ3n) is 7.77. The van der Waals surface area contributed by atoms with Crippen molar-refractivity contribution in [2.45, 2.75) is 57.9 Å². The van der Waals surface area contributed by atoms with E-state index in [1.54, 1.807) is 0 Å². The van der Waals surface area contributed by atoms with Crippen molar-refractivity contribution in [2.24, 2.45) is 0 Å².